The van der Waals surface area contributed by atoms with Gasteiger partial charge in [0.15, 0.2) is 0 Å². The number of hydrazine groups is 1. The van der Waals surface area contributed by atoms with Crippen LogP contribution in [-0.4, -0.2) is 0 Å². The van der Waals surface area contributed by atoms with E-state index in [9.17, 15) is 0 Å². The first-order valence-corrected chi connectivity index (χ1v) is 5.75. The number of nitrogens with two attached hydrogens (primary N) is 1. The quantitative estimate of drug-likeness (QED) is 0.574. The molecule has 0 saturated carbocycles. The van der Waals surface area contributed by atoms with Gasteiger partial charge in [0, 0.05) is 6.04 Å². The molecule has 0 aromatic heterocycles. The summed E-state index contributed by atoms with van der Waals surface area (Å²) >= 11 is 0. The van der Waals surface area contributed by atoms with Gasteiger partial charge in [-0.2, -0.15) is 0 Å². The van der Waals surface area contributed by atoms with Gasteiger partial charge in [-0.1, -0.05) is 51.5 Å². The van der Waals surface area contributed by atoms with E-state index >= 15 is 0 Å². The molecule has 0 aliphatic carbocycles. The maximum absolute atomic E-state index is 5.54. The molecule has 0 heterocycles. The molecule has 0 aliphatic heterocycles. The van der Waals surface area contributed by atoms with Crippen LogP contribution in [0.1, 0.15) is 56.7 Å². The molecule has 1 aromatic rings. The molecule has 1 unspecified atom stereocenters. The summed E-state index contributed by atoms with van der Waals surface area (Å²) in [7, 11) is 0. The average molecular weight is 206 g/mol. The van der Waals surface area contributed by atoms with Crippen LogP contribution in [0.5, 0.6) is 0 Å². The Kier molecular flexibility index (Phi) is 4.79. The fourth-order valence-corrected chi connectivity index (χ4v) is 1.75. The summed E-state index contributed by atoms with van der Waals surface area (Å²) in [5, 5.41) is 0. The van der Waals surface area contributed by atoms with Crippen LogP contribution in [0.15, 0.2) is 24.3 Å². The first-order valence-electron chi connectivity index (χ1n) is 5.75. The fourth-order valence-electron chi connectivity index (χ4n) is 1.75. The molecule has 3 N–H and O–H groups in total. The van der Waals surface area contributed by atoms with Crippen molar-refractivity contribution >= 4 is 0 Å². The molecule has 1 rings (SSSR count). The third-order valence-electron chi connectivity index (χ3n) is 2.78. The van der Waals surface area contributed by atoms with Crippen LogP contribution in [0.4, 0.5) is 0 Å². The van der Waals surface area contributed by atoms with Gasteiger partial charge in [0.2, 0.25) is 0 Å². The van der Waals surface area contributed by atoms with Crippen LogP contribution >= 0.6 is 0 Å². The van der Waals surface area contributed by atoms with Crippen LogP contribution in [0.3, 0.4) is 0 Å². The van der Waals surface area contributed by atoms with Crippen molar-refractivity contribution in [2.45, 2.75) is 45.6 Å². The Hall–Kier alpha value is -0.860. The first-order chi connectivity index (χ1) is 7.19. The van der Waals surface area contributed by atoms with Crippen LogP contribution in [0, 0.1) is 0 Å². The third kappa shape index (κ3) is 3.33. The molecule has 0 amide bonds. The first kappa shape index (κ1) is 12.2. The highest BCUT2D eigenvalue weighted by atomic mass is 15.2. The van der Waals surface area contributed by atoms with Crippen molar-refractivity contribution in [1.82, 2.24) is 5.43 Å². The summed E-state index contributed by atoms with van der Waals surface area (Å²) in [6.45, 7) is 6.59. The largest absolute Gasteiger partial charge is 0.271 e. The molecule has 2 heteroatoms. The topological polar surface area (TPSA) is 38.0 Å². The number of rotatable bonds is 5. The molecule has 15 heavy (non-hydrogen) atoms. The Balaban J connectivity index is 2.77. The maximum Gasteiger partial charge on any atom is 0.0459 e. The second-order valence-electron chi connectivity index (χ2n) is 4.33. The molecule has 0 fully saturated rings. The molecular formula is C13H22N2. The molecule has 0 bridgehead atoms. The smallest absolute Gasteiger partial charge is 0.0459 e. The van der Waals surface area contributed by atoms with E-state index in [0.717, 1.165) is 12.8 Å². The summed E-state index contributed by atoms with van der Waals surface area (Å²) in [6, 6.07) is 9.03. The van der Waals surface area contributed by atoms with Gasteiger partial charge in [0.1, 0.15) is 0 Å². The second-order valence-corrected chi connectivity index (χ2v) is 4.33. The van der Waals surface area contributed by atoms with Crippen molar-refractivity contribution < 1.29 is 0 Å². The summed E-state index contributed by atoms with van der Waals surface area (Å²) in [6.07, 6.45) is 2.22. The molecule has 1 atom stereocenters. The van der Waals surface area contributed by atoms with Crippen LogP contribution in [0.25, 0.3) is 0 Å². The van der Waals surface area contributed by atoms with E-state index in [1.54, 1.807) is 0 Å². The van der Waals surface area contributed by atoms with Crippen LogP contribution in [0.2, 0.25) is 0 Å². The van der Waals surface area contributed by atoms with Gasteiger partial charge in [-0.25, -0.2) is 0 Å². The second kappa shape index (κ2) is 5.89. The predicted molar refractivity (Wildman–Crippen MR) is 65.5 cm³/mol. The Morgan fingerprint density at radius 2 is 1.67 bits per heavy atom. The number of hydrogen-bond acceptors (Lipinski definition) is 2. The molecule has 2 nitrogen and oxygen atoms in total. The monoisotopic (exact) mass is 206 g/mol. The minimum absolute atomic E-state index is 0.288. The number of nitrogens with one attached hydrogen (secondary N) is 1. The molecule has 1 aromatic carbocycles. The van der Waals surface area contributed by atoms with Crippen molar-refractivity contribution in [1.29, 1.82) is 0 Å². The average Bonchev–Trinajstić information content (AvgIpc) is 2.26. The van der Waals surface area contributed by atoms with Gasteiger partial charge >= 0.3 is 0 Å². The molecule has 0 aliphatic rings. The van der Waals surface area contributed by atoms with E-state index in [-0.39, 0.29) is 6.04 Å². The van der Waals surface area contributed by atoms with Gasteiger partial charge < -0.3 is 0 Å². The molecule has 84 valence electrons. The highest BCUT2D eigenvalue weighted by Crippen LogP contribution is 2.20. The van der Waals surface area contributed by atoms with E-state index in [1.165, 1.54) is 11.1 Å². The predicted octanol–water partition coefficient (Wildman–Crippen LogP) is 3.11. The van der Waals surface area contributed by atoms with Crippen LogP contribution < -0.4 is 11.3 Å². The Morgan fingerprint density at radius 3 is 2.07 bits per heavy atom. The van der Waals surface area contributed by atoms with Crippen molar-refractivity contribution in [2.75, 3.05) is 0 Å². The van der Waals surface area contributed by atoms with E-state index in [1.807, 2.05) is 0 Å². The number of benzene rings is 1. The fraction of sp³-hybridized carbons (Fsp3) is 0.538. The zero-order chi connectivity index (χ0) is 11.3. The van der Waals surface area contributed by atoms with Gasteiger partial charge in [-0.15, -0.1) is 0 Å². The highest BCUT2D eigenvalue weighted by Gasteiger charge is 2.08. The standard InChI is InChI=1S/C13H22N2/c1-4-5-13(15-14)12-8-6-11(7-9-12)10(2)3/h6-10,13,15H,4-5,14H2,1-3H3. The lowest BCUT2D eigenvalue weighted by atomic mass is 9.97. The molecule has 0 saturated heterocycles. The zero-order valence-corrected chi connectivity index (χ0v) is 9.96. The minimum atomic E-state index is 0.288. The SMILES string of the molecule is CCCC(NN)c1ccc(C(C)C)cc1. The lowest BCUT2D eigenvalue weighted by molar-refractivity contribution is 0.510. The van der Waals surface area contributed by atoms with Gasteiger partial charge in [0.25, 0.3) is 0 Å². The van der Waals surface area contributed by atoms with E-state index in [2.05, 4.69) is 50.5 Å². The Bertz CT molecular complexity index is 277. The van der Waals surface area contributed by atoms with Crippen LogP contribution in [-0.2, 0) is 0 Å². The van der Waals surface area contributed by atoms with E-state index in [0.29, 0.717) is 5.92 Å². The minimum Gasteiger partial charge on any atom is -0.271 e. The van der Waals surface area contributed by atoms with Gasteiger partial charge in [-0.3, -0.25) is 11.3 Å². The van der Waals surface area contributed by atoms with Crippen molar-refractivity contribution in [3.8, 4) is 0 Å². The summed E-state index contributed by atoms with van der Waals surface area (Å²) in [4.78, 5) is 0. The summed E-state index contributed by atoms with van der Waals surface area (Å²) in [5.74, 6) is 6.13. The Morgan fingerprint density at radius 1 is 1.13 bits per heavy atom. The third-order valence-corrected chi connectivity index (χ3v) is 2.78. The van der Waals surface area contributed by atoms with E-state index < -0.39 is 0 Å². The van der Waals surface area contributed by atoms with Crippen molar-refractivity contribution in [2.24, 2.45) is 5.84 Å². The van der Waals surface area contributed by atoms with Crippen molar-refractivity contribution in [3.05, 3.63) is 35.4 Å². The zero-order valence-electron chi connectivity index (χ0n) is 9.96. The summed E-state index contributed by atoms with van der Waals surface area (Å²) in [5.41, 5.74) is 5.53. The lowest BCUT2D eigenvalue weighted by Crippen LogP contribution is -2.27. The summed E-state index contributed by atoms with van der Waals surface area (Å²) < 4.78 is 0. The Labute approximate surface area is 92.8 Å². The lowest BCUT2D eigenvalue weighted by Gasteiger charge is -2.16. The van der Waals surface area contributed by atoms with E-state index in [4.69, 9.17) is 5.84 Å². The highest BCUT2D eigenvalue weighted by molar-refractivity contribution is 5.26. The molecule has 0 spiro atoms. The normalized spacial score (nSPS) is 13.1. The van der Waals surface area contributed by atoms with Crippen molar-refractivity contribution in [3.63, 3.8) is 0 Å². The van der Waals surface area contributed by atoms with Gasteiger partial charge in [0.05, 0.1) is 0 Å². The molecule has 0 radical (unpaired) electrons. The maximum atomic E-state index is 5.54. The molecular weight excluding hydrogens is 184 g/mol. The number of hydrogen-bond donors (Lipinski definition) is 2. The van der Waals surface area contributed by atoms with Gasteiger partial charge in [-0.05, 0) is 23.5 Å².